The molecule has 1 aromatic rings. The summed E-state index contributed by atoms with van der Waals surface area (Å²) in [7, 11) is 5.78. The first-order valence-corrected chi connectivity index (χ1v) is 8.10. The lowest BCUT2D eigenvalue weighted by Crippen LogP contribution is -2.57. The second-order valence-electron chi connectivity index (χ2n) is 6.25. The van der Waals surface area contributed by atoms with E-state index in [1.807, 2.05) is 0 Å². The summed E-state index contributed by atoms with van der Waals surface area (Å²) in [6.07, 6.45) is 1.87. The van der Waals surface area contributed by atoms with E-state index in [1.54, 1.807) is 7.05 Å². The zero-order valence-electron chi connectivity index (χ0n) is 14.5. The van der Waals surface area contributed by atoms with Gasteiger partial charge in [-0.2, -0.15) is 0 Å². The van der Waals surface area contributed by atoms with Crippen molar-refractivity contribution in [3.63, 3.8) is 0 Å². The van der Waals surface area contributed by atoms with Crippen molar-refractivity contribution in [3.8, 4) is 0 Å². The lowest BCUT2D eigenvalue weighted by Gasteiger charge is -2.43. The van der Waals surface area contributed by atoms with Crippen molar-refractivity contribution >= 4 is 5.96 Å². The largest absolute Gasteiger partial charge is 0.381 e. The summed E-state index contributed by atoms with van der Waals surface area (Å²) >= 11 is 0. The molecule has 0 aromatic heterocycles. The van der Waals surface area contributed by atoms with Gasteiger partial charge < -0.3 is 20.3 Å². The minimum atomic E-state index is -0.454. The molecule has 7 heteroatoms. The third-order valence-electron chi connectivity index (χ3n) is 4.63. The van der Waals surface area contributed by atoms with Gasteiger partial charge in [-0.25, -0.2) is 8.78 Å². The van der Waals surface area contributed by atoms with Crippen molar-refractivity contribution in [1.82, 2.24) is 15.5 Å². The van der Waals surface area contributed by atoms with Gasteiger partial charge >= 0.3 is 0 Å². The SMILES string of the molecule is CN=C(NCc1cc(F)ccc1F)NCC1(N(C)C)CCOCC1. The van der Waals surface area contributed by atoms with Crippen LogP contribution in [0, 0.1) is 11.6 Å². The Morgan fingerprint density at radius 2 is 1.96 bits per heavy atom. The fourth-order valence-corrected chi connectivity index (χ4v) is 2.86. The third kappa shape index (κ3) is 4.64. The quantitative estimate of drug-likeness (QED) is 0.633. The Kier molecular flexibility index (Phi) is 6.51. The van der Waals surface area contributed by atoms with Gasteiger partial charge in [0.05, 0.1) is 0 Å². The molecule has 1 heterocycles. The molecule has 0 saturated carbocycles. The number of halogens is 2. The molecule has 0 unspecified atom stereocenters. The Balaban J connectivity index is 1.93. The van der Waals surface area contributed by atoms with Crippen molar-refractivity contribution in [1.29, 1.82) is 0 Å². The van der Waals surface area contributed by atoms with Crippen LogP contribution in [0.4, 0.5) is 8.78 Å². The fourth-order valence-electron chi connectivity index (χ4n) is 2.86. The molecule has 1 fully saturated rings. The number of likely N-dealkylation sites (N-methyl/N-ethyl adjacent to an activating group) is 1. The second-order valence-corrected chi connectivity index (χ2v) is 6.25. The molecule has 1 aliphatic heterocycles. The monoisotopic (exact) mass is 340 g/mol. The van der Waals surface area contributed by atoms with Crippen LogP contribution < -0.4 is 10.6 Å². The number of ether oxygens (including phenoxy) is 1. The van der Waals surface area contributed by atoms with Gasteiger partial charge in [0.1, 0.15) is 11.6 Å². The molecule has 0 radical (unpaired) electrons. The highest BCUT2D eigenvalue weighted by Crippen LogP contribution is 2.25. The molecular formula is C17H26F2N4O. The zero-order chi connectivity index (χ0) is 17.6. The number of aliphatic imine (C=N–C) groups is 1. The number of rotatable bonds is 5. The van der Waals surface area contributed by atoms with Gasteiger partial charge in [0.25, 0.3) is 0 Å². The van der Waals surface area contributed by atoms with Crippen LogP contribution >= 0.6 is 0 Å². The Labute approximate surface area is 142 Å². The topological polar surface area (TPSA) is 48.9 Å². The standard InChI is InChI=1S/C17H26F2N4O/c1-20-16(21-11-13-10-14(18)4-5-15(13)19)22-12-17(23(2)3)6-8-24-9-7-17/h4-5,10H,6-9,11-12H2,1-3H3,(H2,20,21,22). The van der Waals surface area contributed by atoms with Crippen molar-refractivity contribution in [3.05, 3.63) is 35.4 Å². The van der Waals surface area contributed by atoms with Crippen LogP contribution in [0.5, 0.6) is 0 Å². The maximum atomic E-state index is 13.7. The van der Waals surface area contributed by atoms with Crippen molar-refractivity contribution < 1.29 is 13.5 Å². The predicted molar refractivity (Wildman–Crippen MR) is 91.0 cm³/mol. The average molecular weight is 340 g/mol. The van der Waals surface area contributed by atoms with E-state index in [-0.39, 0.29) is 17.6 Å². The summed E-state index contributed by atoms with van der Waals surface area (Å²) in [5.41, 5.74) is 0.270. The number of nitrogens with zero attached hydrogens (tertiary/aromatic N) is 2. The number of hydrogen-bond acceptors (Lipinski definition) is 3. The summed E-state index contributed by atoms with van der Waals surface area (Å²) in [6, 6.07) is 3.43. The molecule has 0 spiro atoms. The first kappa shape index (κ1) is 18.6. The summed E-state index contributed by atoms with van der Waals surface area (Å²) in [5.74, 6) is -0.329. The highest BCUT2D eigenvalue weighted by atomic mass is 19.1. The van der Waals surface area contributed by atoms with Gasteiger partial charge in [-0.3, -0.25) is 4.99 Å². The number of nitrogens with one attached hydrogen (secondary N) is 2. The Bertz CT molecular complexity index is 572. The van der Waals surface area contributed by atoms with Crippen LogP contribution in [0.2, 0.25) is 0 Å². The average Bonchev–Trinajstić information content (AvgIpc) is 2.58. The van der Waals surface area contributed by atoms with Crippen LogP contribution in [0.1, 0.15) is 18.4 Å². The minimum absolute atomic E-state index is 0.0000247. The lowest BCUT2D eigenvalue weighted by molar-refractivity contribution is -0.00501. The van der Waals surface area contributed by atoms with Gasteiger partial charge in [0.15, 0.2) is 5.96 Å². The molecule has 5 nitrogen and oxygen atoms in total. The Hall–Kier alpha value is -1.73. The minimum Gasteiger partial charge on any atom is -0.381 e. The van der Waals surface area contributed by atoms with E-state index in [4.69, 9.17) is 4.74 Å². The van der Waals surface area contributed by atoms with Gasteiger partial charge in [-0.1, -0.05) is 0 Å². The van der Waals surface area contributed by atoms with E-state index in [9.17, 15) is 8.78 Å². The number of hydrogen-bond donors (Lipinski definition) is 2. The van der Waals surface area contributed by atoms with Gasteiger partial charge in [0, 0.05) is 44.5 Å². The van der Waals surface area contributed by atoms with Crippen molar-refractivity contribution in [2.24, 2.45) is 4.99 Å². The first-order chi connectivity index (χ1) is 11.5. The van der Waals surface area contributed by atoms with Gasteiger partial charge in [-0.15, -0.1) is 0 Å². The van der Waals surface area contributed by atoms with E-state index in [1.165, 1.54) is 6.07 Å². The van der Waals surface area contributed by atoms with E-state index in [2.05, 4.69) is 34.6 Å². The molecule has 1 aliphatic rings. The molecule has 24 heavy (non-hydrogen) atoms. The van der Waals surface area contributed by atoms with E-state index in [0.29, 0.717) is 12.5 Å². The molecule has 2 N–H and O–H groups in total. The van der Waals surface area contributed by atoms with Gasteiger partial charge in [0.2, 0.25) is 0 Å². The fraction of sp³-hybridized carbons (Fsp3) is 0.588. The van der Waals surface area contributed by atoms with Crippen LogP contribution in [0.3, 0.4) is 0 Å². The highest BCUT2D eigenvalue weighted by Gasteiger charge is 2.34. The van der Waals surface area contributed by atoms with Crippen molar-refractivity contribution in [2.45, 2.75) is 24.9 Å². The smallest absolute Gasteiger partial charge is 0.191 e. The van der Waals surface area contributed by atoms with Crippen LogP contribution in [-0.2, 0) is 11.3 Å². The second kappa shape index (κ2) is 8.39. The summed E-state index contributed by atoms with van der Waals surface area (Å²) < 4.78 is 32.4. The summed E-state index contributed by atoms with van der Waals surface area (Å²) in [6.45, 7) is 2.34. The van der Waals surface area contributed by atoms with E-state index in [0.717, 1.165) is 38.2 Å². The normalized spacial score (nSPS) is 17.8. The molecule has 0 aliphatic carbocycles. The third-order valence-corrected chi connectivity index (χ3v) is 4.63. The number of guanidine groups is 1. The highest BCUT2D eigenvalue weighted by molar-refractivity contribution is 5.79. The molecule has 134 valence electrons. The molecule has 0 atom stereocenters. The Morgan fingerprint density at radius 1 is 1.25 bits per heavy atom. The summed E-state index contributed by atoms with van der Waals surface area (Å²) in [5, 5.41) is 6.32. The Morgan fingerprint density at radius 3 is 2.58 bits per heavy atom. The van der Waals surface area contributed by atoms with E-state index >= 15 is 0 Å². The molecular weight excluding hydrogens is 314 g/mol. The van der Waals surface area contributed by atoms with E-state index < -0.39 is 11.6 Å². The molecule has 0 bridgehead atoms. The molecule has 2 rings (SSSR count). The number of benzene rings is 1. The maximum Gasteiger partial charge on any atom is 0.191 e. The first-order valence-electron chi connectivity index (χ1n) is 8.10. The van der Waals surface area contributed by atoms with Gasteiger partial charge in [-0.05, 0) is 45.1 Å². The lowest BCUT2D eigenvalue weighted by atomic mass is 9.88. The van der Waals surface area contributed by atoms with Crippen molar-refractivity contribution in [2.75, 3.05) is 40.9 Å². The zero-order valence-corrected chi connectivity index (χ0v) is 14.5. The maximum absolute atomic E-state index is 13.7. The van der Waals surface area contributed by atoms with Crippen LogP contribution in [-0.4, -0.2) is 57.3 Å². The molecule has 1 saturated heterocycles. The molecule has 0 amide bonds. The summed E-state index contributed by atoms with van der Waals surface area (Å²) in [4.78, 5) is 6.37. The van der Waals surface area contributed by atoms with Crippen LogP contribution in [0.15, 0.2) is 23.2 Å². The van der Waals surface area contributed by atoms with Crippen LogP contribution in [0.25, 0.3) is 0 Å². The molecule has 1 aromatic carbocycles. The predicted octanol–water partition coefficient (Wildman–Crippen LogP) is 1.74.